The van der Waals surface area contributed by atoms with Crippen molar-refractivity contribution in [2.75, 3.05) is 7.05 Å². The van der Waals surface area contributed by atoms with Gasteiger partial charge in [-0.3, -0.25) is 4.90 Å². The summed E-state index contributed by atoms with van der Waals surface area (Å²) in [6, 6.07) is 7.20. The molecule has 1 rings (SSSR count). The number of nitrogens with two attached hydrogens (primary N) is 1. The maximum Gasteiger partial charge on any atom is 0.123 e. The van der Waals surface area contributed by atoms with E-state index in [1.54, 1.807) is 12.1 Å². The van der Waals surface area contributed by atoms with Gasteiger partial charge in [0.25, 0.3) is 0 Å². The Kier molecular flexibility index (Phi) is 5.09. The molecule has 1 aromatic carbocycles. The predicted molar refractivity (Wildman–Crippen MR) is 70.3 cm³/mol. The van der Waals surface area contributed by atoms with Gasteiger partial charge in [-0.1, -0.05) is 19.1 Å². The Morgan fingerprint density at radius 3 is 2.47 bits per heavy atom. The van der Waals surface area contributed by atoms with Crippen molar-refractivity contribution in [3.8, 4) is 0 Å². The number of halogens is 1. The van der Waals surface area contributed by atoms with Gasteiger partial charge in [-0.25, -0.2) is 4.39 Å². The molecule has 0 aliphatic carbocycles. The van der Waals surface area contributed by atoms with Crippen LogP contribution < -0.4 is 5.73 Å². The lowest BCUT2D eigenvalue weighted by molar-refractivity contribution is 0.168. The van der Waals surface area contributed by atoms with Crippen molar-refractivity contribution in [2.45, 2.75) is 45.3 Å². The Labute approximate surface area is 104 Å². The Bertz CT molecular complexity index is 352. The molecule has 0 saturated carbocycles. The molecule has 0 heterocycles. The van der Waals surface area contributed by atoms with Crippen molar-refractivity contribution in [1.29, 1.82) is 0 Å². The van der Waals surface area contributed by atoms with Crippen molar-refractivity contribution < 1.29 is 4.39 Å². The first-order valence-corrected chi connectivity index (χ1v) is 6.20. The van der Waals surface area contributed by atoms with Crippen LogP contribution in [0.5, 0.6) is 0 Å². The Morgan fingerprint density at radius 1 is 1.35 bits per heavy atom. The van der Waals surface area contributed by atoms with Crippen LogP contribution in [-0.2, 0) is 0 Å². The molecule has 96 valence electrons. The minimum Gasteiger partial charge on any atom is -0.326 e. The smallest absolute Gasteiger partial charge is 0.123 e. The molecule has 0 aromatic heterocycles. The zero-order valence-corrected chi connectivity index (χ0v) is 11.2. The Hall–Kier alpha value is -0.930. The van der Waals surface area contributed by atoms with Crippen LogP contribution in [0.4, 0.5) is 4.39 Å². The lowest BCUT2D eigenvalue weighted by atomic mass is 9.95. The zero-order chi connectivity index (χ0) is 13.0. The van der Waals surface area contributed by atoms with E-state index in [0.29, 0.717) is 6.04 Å². The number of hydrogen-bond donors (Lipinski definition) is 1. The molecular formula is C14H23FN2. The number of nitrogens with zero attached hydrogens (tertiary/aromatic N) is 1. The van der Waals surface area contributed by atoms with Crippen LogP contribution in [0.15, 0.2) is 24.3 Å². The molecule has 0 aliphatic rings. The Balaban J connectivity index is 3.06. The molecule has 2 nitrogen and oxygen atoms in total. The standard InChI is InChI=1S/C14H23FN2/c1-5-13(16)14(17(4)10(2)3)11-7-6-8-12(15)9-11/h6-10,13-14H,5,16H2,1-4H3. The highest BCUT2D eigenvalue weighted by atomic mass is 19.1. The number of rotatable bonds is 5. The zero-order valence-electron chi connectivity index (χ0n) is 11.2. The average Bonchev–Trinajstić information content (AvgIpc) is 2.28. The molecule has 0 bridgehead atoms. The normalized spacial score (nSPS) is 15.3. The number of benzene rings is 1. The lowest BCUT2D eigenvalue weighted by Gasteiger charge is -2.35. The van der Waals surface area contributed by atoms with E-state index < -0.39 is 0 Å². The second-order valence-electron chi connectivity index (χ2n) is 4.83. The monoisotopic (exact) mass is 238 g/mol. The van der Waals surface area contributed by atoms with Gasteiger partial charge >= 0.3 is 0 Å². The van der Waals surface area contributed by atoms with Gasteiger partial charge in [0.1, 0.15) is 5.82 Å². The van der Waals surface area contributed by atoms with E-state index in [0.717, 1.165) is 12.0 Å². The van der Waals surface area contributed by atoms with E-state index in [-0.39, 0.29) is 17.9 Å². The van der Waals surface area contributed by atoms with Crippen LogP contribution in [0.25, 0.3) is 0 Å². The largest absolute Gasteiger partial charge is 0.326 e. The summed E-state index contributed by atoms with van der Waals surface area (Å²) < 4.78 is 13.3. The van der Waals surface area contributed by atoms with E-state index in [9.17, 15) is 4.39 Å². The minimum atomic E-state index is -0.201. The van der Waals surface area contributed by atoms with E-state index in [1.165, 1.54) is 6.07 Å². The van der Waals surface area contributed by atoms with Crippen LogP contribution in [0.2, 0.25) is 0 Å². The van der Waals surface area contributed by atoms with Crippen LogP contribution in [-0.4, -0.2) is 24.0 Å². The summed E-state index contributed by atoms with van der Waals surface area (Å²) in [5, 5.41) is 0. The van der Waals surface area contributed by atoms with Crippen LogP contribution in [0.3, 0.4) is 0 Å². The van der Waals surface area contributed by atoms with Crippen molar-refractivity contribution in [3.63, 3.8) is 0 Å². The molecule has 0 saturated heterocycles. The quantitative estimate of drug-likeness (QED) is 0.854. The van der Waals surface area contributed by atoms with Gasteiger partial charge < -0.3 is 5.73 Å². The first kappa shape index (κ1) is 14.1. The van der Waals surface area contributed by atoms with Crippen molar-refractivity contribution in [2.24, 2.45) is 5.73 Å². The fourth-order valence-corrected chi connectivity index (χ4v) is 2.02. The second kappa shape index (κ2) is 6.12. The highest BCUT2D eigenvalue weighted by molar-refractivity contribution is 5.22. The van der Waals surface area contributed by atoms with Gasteiger partial charge in [-0.05, 0) is 45.0 Å². The van der Waals surface area contributed by atoms with Gasteiger partial charge in [0, 0.05) is 18.1 Å². The summed E-state index contributed by atoms with van der Waals surface area (Å²) in [4.78, 5) is 2.20. The molecule has 3 heteroatoms. The molecule has 0 amide bonds. The average molecular weight is 238 g/mol. The van der Waals surface area contributed by atoms with Gasteiger partial charge in [0.2, 0.25) is 0 Å². The molecular weight excluding hydrogens is 215 g/mol. The Morgan fingerprint density at radius 2 is 2.00 bits per heavy atom. The highest BCUT2D eigenvalue weighted by Gasteiger charge is 2.24. The predicted octanol–water partition coefficient (Wildman–Crippen LogP) is 2.94. The molecule has 17 heavy (non-hydrogen) atoms. The van der Waals surface area contributed by atoms with Gasteiger partial charge in [-0.2, -0.15) is 0 Å². The molecule has 0 fully saturated rings. The molecule has 0 radical (unpaired) electrons. The minimum absolute atomic E-state index is 0.0178. The number of likely N-dealkylation sites (N-methyl/N-ethyl adjacent to an activating group) is 1. The first-order chi connectivity index (χ1) is 7.97. The first-order valence-electron chi connectivity index (χ1n) is 6.20. The molecule has 0 spiro atoms. The van der Waals surface area contributed by atoms with E-state index in [4.69, 9.17) is 5.73 Å². The molecule has 0 aliphatic heterocycles. The summed E-state index contributed by atoms with van der Waals surface area (Å²) in [5.74, 6) is -0.201. The van der Waals surface area contributed by atoms with Crippen molar-refractivity contribution in [1.82, 2.24) is 4.90 Å². The van der Waals surface area contributed by atoms with Gasteiger partial charge in [-0.15, -0.1) is 0 Å². The molecule has 2 N–H and O–H groups in total. The highest BCUT2D eigenvalue weighted by Crippen LogP contribution is 2.26. The summed E-state index contributed by atoms with van der Waals surface area (Å²) in [6.07, 6.45) is 0.873. The third kappa shape index (κ3) is 3.51. The van der Waals surface area contributed by atoms with Gasteiger partial charge in [0.05, 0.1) is 0 Å². The van der Waals surface area contributed by atoms with E-state index in [2.05, 4.69) is 25.7 Å². The fraction of sp³-hybridized carbons (Fsp3) is 0.571. The summed E-state index contributed by atoms with van der Waals surface area (Å²) in [7, 11) is 2.04. The van der Waals surface area contributed by atoms with Crippen molar-refractivity contribution in [3.05, 3.63) is 35.6 Å². The van der Waals surface area contributed by atoms with Crippen LogP contribution in [0.1, 0.15) is 38.8 Å². The van der Waals surface area contributed by atoms with Gasteiger partial charge in [0.15, 0.2) is 0 Å². The third-order valence-corrected chi connectivity index (χ3v) is 3.32. The SMILES string of the molecule is CCC(N)C(c1cccc(F)c1)N(C)C(C)C. The fourth-order valence-electron chi connectivity index (χ4n) is 2.02. The third-order valence-electron chi connectivity index (χ3n) is 3.32. The summed E-state index contributed by atoms with van der Waals surface area (Å²) in [6.45, 7) is 6.30. The summed E-state index contributed by atoms with van der Waals surface area (Å²) >= 11 is 0. The topological polar surface area (TPSA) is 29.3 Å². The maximum atomic E-state index is 13.3. The number of hydrogen-bond acceptors (Lipinski definition) is 2. The van der Waals surface area contributed by atoms with Crippen molar-refractivity contribution >= 4 is 0 Å². The molecule has 1 aromatic rings. The lowest BCUT2D eigenvalue weighted by Crippen LogP contribution is -2.42. The van der Waals surface area contributed by atoms with E-state index in [1.807, 2.05) is 13.1 Å². The second-order valence-corrected chi connectivity index (χ2v) is 4.83. The molecule has 2 atom stereocenters. The van der Waals surface area contributed by atoms with Crippen LogP contribution in [0, 0.1) is 5.82 Å². The summed E-state index contributed by atoms with van der Waals surface area (Å²) in [5.41, 5.74) is 7.13. The van der Waals surface area contributed by atoms with Crippen LogP contribution >= 0.6 is 0 Å². The van der Waals surface area contributed by atoms with E-state index >= 15 is 0 Å². The maximum absolute atomic E-state index is 13.3. The molecule has 2 unspecified atom stereocenters.